The van der Waals surface area contributed by atoms with Gasteiger partial charge in [0, 0.05) is 12.6 Å². The molecule has 0 aliphatic rings. The molecule has 1 N–H and O–H groups in total. The van der Waals surface area contributed by atoms with Crippen LogP contribution >= 0.6 is 0 Å². The van der Waals surface area contributed by atoms with Crippen molar-refractivity contribution in [2.75, 3.05) is 19.8 Å². The summed E-state index contributed by atoms with van der Waals surface area (Å²) < 4.78 is 11.0. The summed E-state index contributed by atoms with van der Waals surface area (Å²) in [4.78, 5) is 0. The molecule has 1 aromatic carbocycles. The van der Waals surface area contributed by atoms with Crippen molar-refractivity contribution in [1.82, 2.24) is 5.32 Å². The molecule has 106 valence electrons. The van der Waals surface area contributed by atoms with Crippen LogP contribution in [0.25, 0.3) is 0 Å². The van der Waals surface area contributed by atoms with Crippen molar-refractivity contribution < 1.29 is 9.47 Å². The average molecular weight is 263 g/mol. The molecular formula is C16H25NO2. The molecule has 0 aliphatic heterocycles. The number of ether oxygens (including phenoxy) is 2. The summed E-state index contributed by atoms with van der Waals surface area (Å²) in [6.07, 6.45) is 3.96. The second-order valence-electron chi connectivity index (χ2n) is 4.67. The topological polar surface area (TPSA) is 30.5 Å². The lowest BCUT2D eigenvalue weighted by molar-refractivity contribution is 0.121. The van der Waals surface area contributed by atoms with E-state index in [4.69, 9.17) is 9.47 Å². The summed E-state index contributed by atoms with van der Waals surface area (Å²) in [6, 6.07) is 8.69. The highest BCUT2D eigenvalue weighted by molar-refractivity contribution is 5.27. The van der Waals surface area contributed by atoms with Crippen LogP contribution in [0.5, 0.6) is 5.75 Å². The Kier molecular flexibility index (Phi) is 7.94. The summed E-state index contributed by atoms with van der Waals surface area (Å²) in [5.74, 6) is 0.892. The van der Waals surface area contributed by atoms with Gasteiger partial charge in [0.2, 0.25) is 0 Å². The van der Waals surface area contributed by atoms with E-state index in [-0.39, 0.29) is 0 Å². The van der Waals surface area contributed by atoms with Crippen molar-refractivity contribution >= 4 is 0 Å². The smallest absolute Gasteiger partial charge is 0.119 e. The first kappa shape index (κ1) is 15.7. The zero-order chi connectivity index (χ0) is 13.9. The van der Waals surface area contributed by atoms with Crippen molar-refractivity contribution in [3.8, 4) is 5.75 Å². The fraction of sp³-hybridized carbons (Fsp3) is 0.500. The van der Waals surface area contributed by atoms with E-state index in [1.54, 1.807) is 0 Å². The summed E-state index contributed by atoms with van der Waals surface area (Å²) in [5, 5.41) is 3.39. The predicted octanol–water partition coefficient (Wildman–Crippen LogP) is 3.16. The average Bonchev–Trinajstić information content (AvgIpc) is 2.41. The van der Waals surface area contributed by atoms with E-state index in [1.165, 1.54) is 5.56 Å². The van der Waals surface area contributed by atoms with Crippen molar-refractivity contribution in [1.29, 1.82) is 0 Å². The van der Waals surface area contributed by atoms with Gasteiger partial charge < -0.3 is 14.8 Å². The Morgan fingerprint density at radius 2 is 1.89 bits per heavy atom. The third kappa shape index (κ3) is 7.65. The number of rotatable bonds is 9. The summed E-state index contributed by atoms with van der Waals surface area (Å²) >= 11 is 0. The number of hydrogen-bond donors (Lipinski definition) is 1. The Morgan fingerprint density at radius 3 is 2.53 bits per heavy atom. The predicted molar refractivity (Wildman–Crippen MR) is 79.5 cm³/mol. The van der Waals surface area contributed by atoms with Crippen LogP contribution in [0.1, 0.15) is 26.3 Å². The minimum Gasteiger partial charge on any atom is -0.491 e. The molecule has 0 saturated heterocycles. The lowest BCUT2D eigenvalue weighted by Gasteiger charge is -2.09. The number of hydrogen-bond acceptors (Lipinski definition) is 3. The molecule has 0 aromatic heterocycles. The molecule has 0 saturated carbocycles. The molecule has 3 nitrogen and oxygen atoms in total. The normalized spacial score (nSPS) is 11.4. The van der Waals surface area contributed by atoms with E-state index in [9.17, 15) is 0 Å². The summed E-state index contributed by atoms with van der Waals surface area (Å²) in [7, 11) is 0. The van der Waals surface area contributed by atoms with E-state index in [2.05, 4.69) is 31.3 Å². The quantitative estimate of drug-likeness (QED) is 0.548. The third-order valence-corrected chi connectivity index (χ3v) is 2.58. The summed E-state index contributed by atoms with van der Waals surface area (Å²) in [5.41, 5.74) is 1.27. The minimum absolute atomic E-state index is 0.505. The van der Waals surface area contributed by atoms with Crippen LogP contribution in [0.3, 0.4) is 0 Å². The van der Waals surface area contributed by atoms with Gasteiger partial charge in [-0.15, -0.1) is 0 Å². The Hall–Kier alpha value is -1.32. The van der Waals surface area contributed by atoms with Gasteiger partial charge in [0.25, 0.3) is 0 Å². The monoisotopic (exact) mass is 263 g/mol. The van der Waals surface area contributed by atoms with Gasteiger partial charge in [-0.1, -0.05) is 38.1 Å². The molecule has 1 aromatic rings. The van der Waals surface area contributed by atoms with Crippen molar-refractivity contribution in [3.63, 3.8) is 0 Å². The first-order valence-electron chi connectivity index (χ1n) is 6.86. The van der Waals surface area contributed by atoms with Crippen molar-refractivity contribution in [2.45, 2.75) is 33.4 Å². The molecular weight excluding hydrogens is 238 g/mol. The zero-order valence-electron chi connectivity index (χ0n) is 12.2. The highest BCUT2D eigenvalue weighted by atomic mass is 16.5. The highest BCUT2D eigenvalue weighted by Crippen LogP contribution is 2.12. The molecule has 0 bridgehead atoms. The maximum Gasteiger partial charge on any atom is 0.119 e. The van der Waals surface area contributed by atoms with Crippen molar-refractivity contribution in [3.05, 3.63) is 42.0 Å². The largest absolute Gasteiger partial charge is 0.491 e. The molecule has 0 amide bonds. The molecule has 1 rings (SSSR count). The van der Waals surface area contributed by atoms with Crippen LogP contribution in [0.4, 0.5) is 0 Å². The molecule has 19 heavy (non-hydrogen) atoms. The number of benzene rings is 1. The minimum atomic E-state index is 0.505. The second kappa shape index (κ2) is 9.59. The highest BCUT2D eigenvalue weighted by Gasteiger charge is 1.97. The van der Waals surface area contributed by atoms with Crippen LogP contribution in [0.15, 0.2) is 36.4 Å². The first-order valence-corrected chi connectivity index (χ1v) is 6.86. The van der Waals surface area contributed by atoms with E-state index >= 15 is 0 Å². The van der Waals surface area contributed by atoms with Gasteiger partial charge in [-0.25, -0.2) is 0 Å². The van der Waals surface area contributed by atoms with Crippen LogP contribution < -0.4 is 10.1 Å². The molecule has 0 aliphatic carbocycles. The van der Waals surface area contributed by atoms with Gasteiger partial charge in [0.1, 0.15) is 12.4 Å². The molecule has 0 fully saturated rings. The van der Waals surface area contributed by atoms with Crippen LogP contribution in [-0.2, 0) is 11.3 Å². The Bertz CT molecular complexity index is 358. The van der Waals surface area contributed by atoms with E-state index in [1.807, 2.05) is 31.2 Å². The van der Waals surface area contributed by atoms with Gasteiger partial charge in [0.05, 0.1) is 13.2 Å². The SMILES string of the molecule is CC=CCOCCOc1ccc(CNC(C)C)cc1. The fourth-order valence-electron chi connectivity index (χ4n) is 1.49. The number of allylic oxidation sites excluding steroid dienone is 1. The Labute approximate surface area is 116 Å². The van der Waals surface area contributed by atoms with E-state index in [0.29, 0.717) is 25.9 Å². The van der Waals surface area contributed by atoms with Crippen LogP contribution in [-0.4, -0.2) is 25.9 Å². The van der Waals surface area contributed by atoms with E-state index in [0.717, 1.165) is 12.3 Å². The Balaban J connectivity index is 2.20. The Morgan fingerprint density at radius 1 is 1.16 bits per heavy atom. The molecule has 0 heterocycles. The maximum absolute atomic E-state index is 5.60. The van der Waals surface area contributed by atoms with Crippen molar-refractivity contribution in [2.24, 2.45) is 0 Å². The molecule has 0 atom stereocenters. The number of nitrogens with one attached hydrogen (secondary N) is 1. The molecule has 3 heteroatoms. The molecule has 0 radical (unpaired) electrons. The lowest BCUT2D eigenvalue weighted by atomic mass is 10.2. The third-order valence-electron chi connectivity index (χ3n) is 2.58. The lowest BCUT2D eigenvalue weighted by Crippen LogP contribution is -2.21. The molecule has 0 spiro atoms. The summed E-state index contributed by atoms with van der Waals surface area (Å²) in [6.45, 7) is 9.01. The first-order chi connectivity index (χ1) is 9.22. The second-order valence-corrected chi connectivity index (χ2v) is 4.67. The van der Waals surface area contributed by atoms with Gasteiger partial charge in [-0.2, -0.15) is 0 Å². The van der Waals surface area contributed by atoms with E-state index < -0.39 is 0 Å². The molecule has 0 unspecified atom stereocenters. The van der Waals surface area contributed by atoms with Gasteiger partial charge in [-0.3, -0.25) is 0 Å². The zero-order valence-corrected chi connectivity index (χ0v) is 12.2. The maximum atomic E-state index is 5.60. The van der Waals surface area contributed by atoms with Gasteiger partial charge >= 0.3 is 0 Å². The van der Waals surface area contributed by atoms with Gasteiger partial charge in [-0.05, 0) is 24.6 Å². The standard InChI is InChI=1S/C16H25NO2/c1-4-5-10-18-11-12-19-16-8-6-15(7-9-16)13-17-14(2)3/h4-9,14,17H,10-13H2,1-3H3. The van der Waals surface area contributed by atoms with Crippen LogP contribution in [0, 0.1) is 0 Å². The fourth-order valence-corrected chi connectivity index (χ4v) is 1.49. The van der Waals surface area contributed by atoms with Gasteiger partial charge in [0.15, 0.2) is 0 Å². The van der Waals surface area contributed by atoms with Crippen LogP contribution in [0.2, 0.25) is 0 Å².